The predicted octanol–water partition coefficient (Wildman–Crippen LogP) is 4.18. The molecule has 1 atom stereocenters. The number of carbonyl (C=O) groups is 1. The molecule has 0 aliphatic carbocycles. The van der Waals surface area contributed by atoms with Gasteiger partial charge in [-0.1, -0.05) is 42.0 Å². The summed E-state index contributed by atoms with van der Waals surface area (Å²) in [6.07, 6.45) is 0.761. The summed E-state index contributed by atoms with van der Waals surface area (Å²) < 4.78 is 18.0. The maximum atomic E-state index is 12.4. The molecule has 0 spiro atoms. The Bertz CT molecular complexity index is 944. The first-order valence-corrected chi connectivity index (χ1v) is 10.2. The van der Waals surface area contributed by atoms with Crippen LogP contribution in [-0.2, 0) is 23.0 Å². The number of furan rings is 1. The first-order valence-electron chi connectivity index (χ1n) is 8.89. The van der Waals surface area contributed by atoms with E-state index in [1.807, 2.05) is 38.1 Å². The van der Waals surface area contributed by atoms with Gasteiger partial charge in [-0.25, -0.2) is 0 Å². The molecule has 2 aromatic carbocycles. The van der Waals surface area contributed by atoms with E-state index < -0.39 is 10.8 Å². The number of aryl methyl sites for hydroxylation is 2. The standard InChI is InChI=1S/C22H23NO3S/c1-16-6-8-18(9-7-16)12-13-23-22(24)21-11-10-19(26-21)15-27(25)20-5-3-4-17(2)14-20/h3-11,14H,12-13,15H2,1-2H3,(H,23,24). The van der Waals surface area contributed by atoms with E-state index in [1.165, 1.54) is 11.1 Å². The van der Waals surface area contributed by atoms with E-state index in [4.69, 9.17) is 4.42 Å². The topological polar surface area (TPSA) is 59.3 Å². The molecule has 3 rings (SSSR count). The maximum Gasteiger partial charge on any atom is 0.287 e. The molecule has 0 radical (unpaired) electrons. The fraction of sp³-hybridized carbons (Fsp3) is 0.227. The Balaban J connectivity index is 1.52. The fourth-order valence-electron chi connectivity index (χ4n) is 2.71. The Morgan fingerprint density at radius 2 is 1.78 bits per heavy atom. The lowest BCUT2D eigenvalue weighted by Gasteiger charge is -2.04. The van der Waals surface area contributed by atoms with Crippen LogP contribution in [0.25, 0.3) is 0 Å². The highest BCUT2D eigenvalue weighted by Crippen LogP contribution is 2.16. The van der Waals surface area contributed by atoms with Crippen LogP contribution >= 0.6 is 0 Å². The van der Waals surface area contributed by atoms with E-state index in [1.54, 1.807) is 12.1 Å². The molecule has 0 saturated carbocycles. The average Bonchev–Trinajstić information content (AvgIpc) is 3.12. The van der Waals surface area contributed by atoms with Gasteiger partial charge < -0.3 is 9.73 Å². The lowest BCUT2D eigenvalue weighted by Crippen LogP contribution is -2.25. The predicted molar refractivity (Wildman–Crippen MR) is 107 cm³/mol. The highest BCUT2D eigenvalue weighted by Gasteiger charge is 2.13. The SMILES string of the molecule is Cc1ccc(CCNC(=O)c2ccc(CS(=O)c3cccc(C)c3)o2)cc1. The van der Waals surface area contributed by atoms with Gasteiger partial charge in [-0.3, -0.25) is 9.00 Å². The Kier molecular flexibility index (Phi) is 6.24. The number of hydrogen-bond donors (Lipinski definition) is 1. The van der Waals surface area contributed by atoms with Crippen molar-refractivity contribution in [3.05, 3.63) is 88.9 Å². The van der Waals surface area contributed by atoms with Gasteiger partial charge in [0, 0.05) is 11.4 Å². The maximum absolute atomic E-state index is 12.4. The lowest BCUT2D eigenvalue weighted by atomic mass is 10.1. The molecule has 0 fully saturated rings. The van der Waals surface area contributed by atoms with Crippen LogP contribution in [0, 0.1) is 13.8 Å². The first-order chi connectivity index (χ1) is 13.0. The molecule has 0 bridgehead atoms. The molecule has 1 unspecified atom stereocenters. The highest BCUT2D eigenvalue weighted by molar-refractivity contribution is 7.84. The van der Waals surface area contributed by atoms with E-state index in [0.29, 0.717) is 12.3 Å². The number of nitrogens with one attached hydrogen (secondary N) is 1. The van der Waals surface area contributed by atoms with Crippen molar-refractivity contribution in [3.8, 4) is 0 Å². The molecule has 4 nitrogen and oxygen atoms in total. The minimum absolute atomic E-state index is 0.246. The molecular formula is C22H23NO3S. The van der Waals surface area contributed by atoms with Crippen molar-refractivity contribution >= 4 is 16.7 Å². The molecule has 3 aromatic rings. The normalized spacial score (nSPS) is 11.9. The minimum Gasteiger partial charge on any atom is -0.455 e. The van der Waals surface area contributed by atoms with Crippen LogP contribution in [0.15, 0.2) is 70.0 Å². The number of amides is 1. The number of carbonyl (C=O) groups excluding carboxylic acids is 1. The van der Waals surface area contributed by atoms with Gasteiger partial charge in [0.25, 0.3) is 5.91 Å². The summed E-state index contributed by atoms with van der Waals surface area (Å²) in [5.41, 5.74) is 3.46. The van der Waals surface area contributed by atoms with Crippen molar-refractivity contribution in [3.63, 3.8) is 0 Å². The molecule has 27 heavy (non-hydrogen) atoms. The molecule has 0 saturated heterocycles. The lowest BCUT2D eigenvalue weighted by molar-refractivity contribution is 0.0925. The van der Waals surface area contributed by atoms with E-state index in [2.05, 4.69) is 29.6 Å². The zero-order valence-electron chi connectivity index (χ0n) is 15.5. The number of rotatable bonds is 7. The van der Waals surface area contributed by atoms with Gasteiger partial charge in [0.2, 0.25) is 0 Å². The highest BCUT2D eigenvalue weighted by atomic mass is 32.2. The fourth-order valence-corrected chi connectivity index (χ4v) is 3.84. The monoisotopic (exact) mass is 381 g/mol. The van der Waals surface area contributed by atoms with Gasteiger partial charge >= 0.3 is 0 Å². The smallest absolute Gasteiger partial charge is 0.287 e. The summed E-state index contributed by atoms with van der Waals surface area (Å²) in [4.78, 5) is 13.0. The molecule has 5 heteroatoms. The number of hydrogen-bond acceptors (Lipinski definition) is 3. The Hall–Kier alpha value is -2.66. The second-order valence-corrected chi connectivity index (χ2v) is 8.01. The summed E-state index contributed by atoms with van der Waals surface area (Å²) >= 11 is 0. The first kappa shape index (κ1) is 19.1. The molecule has 140 valence electrons. The summed E-state index contributed by atoms with van der Waals surface area (Å²) in [6.45, 7) is 4.55. The molecule has 1 aromatic heterocycles. The third kappa shape index (κ3) is 5.41. The van der Waals surface area contributed by atoms with Crippen LogP contribution in [0.1, 0.15) is 33.0 Å². The van der Waals surface area contributed by atoms with Crippen LogP contribution in [0.3, 0.4) is 0 Å². The van der Waals surface area contributed by atoms with Gasteiger partial charge in [0.1, 0.15) is 5.76 Å². The van der Waals surface area contributed by atoms with E-state index >= 15 is 0 Å². The van der Waals surface area contributed by atoms with Crippen LogP contribution in [0.5, 0.6) is 0 Å². The molecular weight excluding hydrogens is 358 g/mol. The van der Waals surface area contributed by atoms with Crippen molar-refractivity contribution in [2.75, 3.05) is 6.54 Å². The van der Waals surface area contributed by atoms with Gasteiger partial charge in [-0.2, -0.15) is 0 Å². The largest absolute Gasteiger partial charge is 0.455 e. The third-order valence-electron chi connectivity index (χ3n) is 4.23. The Morgan fingerprint density at radius 3 is 2.52 bits per heavy atom. The quantitative estimate of drug-likeness (QED) is 0.668. The second kappa shape index (κ2) is 8.82. The Labute approximate surface area is 162 Å². The molecule has 0 aliphatic rings. The third-order valence-corrected chi connectivity index (χ3v) is 5.56. The molecule has 1 amide bonds. The van der Waals surface area contributed by atoms with Gasteiger partial charge in [0.15, 0.2) is 5.76 Å². The van der Waals surface area contributed by atoms with Crippen LogP contribution in [-0.4, -0.2) is 16.7 Å². The summed E-state index contributed by atoms with van der Waals surface area (Å²) in [6, 6.07) is 19.2. The van der Waals surface area contributed by atoms with E-state index in [0.717, 1.165) is 16.9 Å². The van der Waals surface area contributed by atoms with Crippen molar-refractivity contribution in [2.24, 2.45) is 0 Å². The molecule has 1 heterocycles. The van der Waals surface area contributed by atoms with E-state index in [9.17, 15) is 9.00 Å². The van der Waals surface area contributed by atoms with Crippen molar-refractivity contribution < 1.29 is 13.4 Å². The summed E-state index contributed by atoms with van der Waals surface area (Å²) in [5.74, 6) is 0.781. The van der Waals surface area contributed by atoms with Gasteiger partial charge in [-0.05, 0) is 55.7 Å². The molecule has 0 aliphatic heterocycles. The van der Waals surface area contributed by atoms with Crippen LogP contribution < -0.4 is 5.32 Å². The second-order valence-electron chi connectivity index (χ2n) is 6.56. The summed E-state index contributed by atoms with van der Waals surface area (Å²) in [5, 5.41) is 2.86. The van der Waals surface area contributed by atoms with Gasteiger partial charge in [0.05, 0.1) is 16.6 Å². The summed E-state index contributed by atoms with van der Waals surface area (Å²) in [7, 11) is -1.20. The zero-order valence-corrected chi connectivity index (χ0v) is 16.3. The average molecular weight is 381 g/mol. The zero-order chi connectivity index (χ0) is 19.2. The molecule has 1 N–H and O–H groups in total. The van der Waals surface area contributed by atoms with Crippen LogP contribution in [0.4, 0.5) is 0 Å². The van der Waals surface area contributed by atoms with Crippen molar-refractivity contribution in [2.45, 2.75) is 30.9 Å². The van der Waals surface area contributed by atoms with Crippen molar-refractivity contribution in [1.29, 1.82) is 0 Å². The number of benzene rings is 2. The minimum atomic E-state index is -1.20. The van der Waals surface area contributed by atoms with Crippen LogP contribution in [0.2, 0.25) is 0 Å². The van der Waals surface area contributed by atoms with Gasteiger partial charge in [-0.15, -0.1) is 0 Å². The van der Waals surface area contributed by atoms with Crippen molar-refractivity contribution in [1.82, 2.24) is 5.32 Å². The Morgan fingerprint density at radius 1 is 1.00 bits per heavy atom. The van der Waals surface area contributed by atoms with E-state index in [-0.39, 0.29) is 17.4 Å².